The van der Waals surface area contributed by atoms with E-state index in [-0.39, 0.29) is 13.0 Å². The lowest BCUT2D eigenvalue weighted by Crippen LogP contribution is -2.29. The van der Waals surface area contributed by atoms with Crippen molar-refractivity contribution in [2.75, 3.05) is 13.2 Å². The molecule has 0 aliphatic rings. The number of hydrogen-bond acceptors (Lipinski definition) is 4. The Morgan fingerprint density at radius 3 is 2.61 bits per heavy atom. The van der Waals surface area contributed by atoms with E-state index >= 15 is 0 Å². The summed E-state index contributed by atoms with van der Waals surface area (Å²) in [5.41, 5.74) is 5.36. The minimum Gasteiger partial charge on any atom is -0.490 e. The van der Waals surface area contributed by atoms with Gasteiger partial charge in [0.05, 0.1) is 6.61 Å². The van der Waals surface area contributed by atoms with E-state index in [1.54, 1.807) is 18.2 Å². The summed E-state index contributed by atoms with van der Waals surface area (Å²) in [6, 6.07) is 7.04. The van der Waals surface area contributed by atoms with Crippen LogP contribution < -0.4 is 15.2 Å². The molecule has 5 heteroatoms. The molecule has 0 bridgehead atoms. The Hall–Kier alpha value is -1.75. The first-order valence-electron chi connectivity index (χ1n) is 6.00. The normalized spacial score (nSPS) is 11.9. The van der Waals surface area contributed by atoms with E-state index in [1.807, 2.05) is 13.0 Å². The Morgan fingerprint density at radius 2 is 2.06 bits per heavy atom. The lowest BCUT2D eigenvalue weighted by Gasteiger charge is -2.17. The van der Waals surface area contributed by atoms with E-state index in [4.69, 9.17) is 20.3 Å². The van der Waals surface area contributed by atoms with Crippen molar-refractivity contribution >= 4 is 5.97 Å². The topological polar surface area (TPSA) is 81.8 Å². The number of benzene rings is 1. The summed E-state index contributed by atoms with van der Waals surface area (Å²) in [7, 11) is 0. The minimum atomic E-state index is -1.02. The zero-order chi connectivity index (χ0) is 13.4. The number of ether oxygens (including phenoxy) is 2. The predicted octanol–water partition coefficient (Wildman–Crippen LogP) is 1.66. The molecule has 1 unspecified atom stereocenters. The molecule has 3 N–H and O–H groups in total. The van der Waals surface area contributed by atoms with Crippen LogP contribution in [0, 0.1) is 0 Å². The van der Waals surface area contributed by atoms with Crippen LogP contribution in [0.3, 0.4) is 0 Å². The first kappa shape index (κ1) is 14.3. The van der Waals surface area contributed by atoms with Crippen LogP contribution in [0.4, 0.5) is 0 Å². The number of rotatable bonds is 8. The lowest BCUT2D eigenvalue weighted by atomic mass is 10.2. The summed E-state index contributed by atoms with van der Waals surface area (Å²) >= 11 is 0. The molecule has 0 aliphatic carbocycles. The molecular formula is C13H19NO4. The maximum atomic E-state index is 11.0. The number of carboxylic acid groups (broad SMARTS) is 1. The van der Waals surface area contributed by atoms with Gasteiger partial charge >= 0.3 is 5.97 Å². The van der Waals surface area contributed by atoms with Gasteiger partial charge in [0.15, 0.2) is 17.6 Å². The molecule has 1 aromatic rings. The highest BCUT2D eigenvalue weighted by molar-refractivity contribution is 5.72. The van der Waals surface area contributed by atoms with Gasteiger partial charge in [-0.15, -0.1) is 0 Å². The highest BCUT2D eigenvalue weighted by atomic mass is 16.5. The van der Waals surface area contributed by atoms with Gasteiger partial charge in [-0.05, 0) is 25.1 Å². The molecule has 100 valence electrons. The molecule has 18 heavy (non-hydrogen) atoms. The molecule has 0 fully saturated rings. The van der Waals surface area contributed by atoms with Crippen LogP contribution >= 0.6 is 0 Å². The van der Waals surface area contributed by atoms with E-state index in [0.717, 1.165) is 6.42 Å². The third-order valence-corrected chi connectivity index (χ3v) is 2.28. The van der Waals surface area contributed by atoms with E-state index in [1.165, 1.54) is 0 Å². The number of nitrogens with two attached hydrogens (primary N) is 1. The van der Waals surface area contributed by atoms with Gasteiger partial charge in [0.2, 0.25) is 0 Å². The highest BCUT2D eigenvalue weighted by Gasteiger charge is 2.20. The summed E-state index contributed by atoms with van der Waals surface area (Å²) in [5, 5.41) is 9.01. The van der Waals surface area contributed by atoms with Gasteiger partial charge in [0.1, 0.15) is 0 Å². The minimum absolute atomic E-state index is 0.259. The van der Waals surface area contributed by atoms with Crippen molar-refractivity contribution in [3.63, 3.8) is 0 Å². The second-order valence-corrected chi connectivity index (χ2v) is 3.82. The predicted molar refractivity (Wildman–Crippen MR) is 68.0 cm³/mol. The van der Waals surface area contributed by atoms with Gasteiger partial charge < -0.3 is 20.3 Å². The Kier molecular flexibility index (Phi) is 6.00. The fourth-order valence-electron chi connectivity index (χ4n) is 1.42. The average molecular weight is 253 g/mol. The third-order valence-electron chi connectivity index (χ3n) is 2.28. The molecule has 0 aromatic heterocycles. The lowest BCUT2D eigenvalue weighted by molar-refractivity contribution is -0.145. The van der Waals surface area contributed by atoms with Crippen LogP contribution in [0.15, 0.2) is 24.3 Å². The number of para-hydroxylation sites is 2. The van der Waals surface area contributed by atoms with Gasteiger partial charge in [-0.3, -0.25) is 0 Å². The van der Waals surface area contributed by atoms with Gasteiger partial charge in [0, 0.05) is 6.42 Å². The standard InChI is InChI=1S/C13H19NO4/c1-2-9-17-10-5-3-4-6-11(10)18-12(7-8-14)13(15)16/h3-6,12H,2,7-9,14H2,1H3,(H,15,16). The summed E-state index contributed by atoms with van der Waals surface area (Å²) in [5.74, 6) is -0.0276. The zero-order valence-electron chi connectivity index (χ0n) is 10.5. The summed E-state index contributed by atoms with van der Waals surface area (Å²) in [6.45, 7) is 2.82. The molecule has 0 radical (unpaired) electrons. The molecule has 0 saturated heterocycles. The molecule has 1 atom stereocenters. The Morgan fingerprint density at radius 1 is 1.39 bits per heavy atom. The second-order valence-electron chi connectivity index (χ2n) is 3.82. The fourth-order valence-corrected chi connectivity index (χ4v) is 1.42. The number of hydrogen-bond donors (Lipinski definition) is 2. The SMILES string of the molecule is CCCOc1ccccc1OC(CCN)C(=O)O. The summed E-state index contributed by atoms with van der Waals surface area (Å²) in [4.78, 5) is 11.0. The molecule has 1 aromatic carbocycles. The third kappa shape index (κ3) is 4.25. The fraction of sp³-hybridized carbons (Fsp3) is 0.462. The smallest absolute Gasteiger partial charge is 0.344 e. The van der Waals surface area contributed by atoms with Crippen LogP contribution in [-0.2, 0) is 4.79 Å². The quantitative estimate of drug-likeness (QED) is 0.736. The maximum absolute atomic E-state index is 11.0. The highest BCUT2D eigenvalue weighted by Crippen LogP contribution is 2.28. The van der Waals surface area contributed by atoms with Crippen LogP contribution in [-0.4, -0.2) is 30.3 Å². The molecule has 5 nitrogen and oxygen atoms in total. The maximum Gasteiger partial charge on any atom is 0.344 e. The van der Waals surface area contributed by atoms with Crippen LogP contribution in [0.1, 0.15) is 19.8 Å². The molecule has 0 amide bonds. The monoisotopic (exact) mass is 253 g/mol. The van der Waals surface area contributed by atoms with Crippen LogP contribution in [0.2, 0.25) is 0 Å². The van der Waals surface area contributed by atoms with E-state index in [2.05, 4.69) is 0 Å². The van der Waals surface area contributed by atoms with Crippen molar-refractivity contribution < 1.29 is 19.4 Å². The second kappa shape index (κ2) is 7.55. The summed E-state index contributed by atoms with van der Waals surface area (Å²) in [6.07, 6.45) is 0.193. The van der Waals surface area contributed by atoms with Crippen molar-refractivity contribution in [3.05, 3.63) is 24.3 Å². The average Bonchev–Trinajstić information content (AvgIpc) is 2.37. The summed E-state index contributed by atoms with van der Waals surface area (Å²) < 4.78 is 10.9. The Balaban J connectivity index is 2.77. The van der Waals surface area contributed by atoms with Gasteiger partial charge in [0.25, 0.3) is 0 Å². The molecule has 1 rings (SSSR count). The molecule has 0 spiro atoms. The molecule has 0 aliphatic heterocycles. The number of carbonyl (C=O) groups is 1. The number of aliphatic carboxylic acids is 1. The van der Waals surface area contributed by atoms with Crippen molar-refractivity contribution in [1.29, 1.82) is 0 Å². The van der Waals surface area contributed by atoms with Crippen molar-refractivity contribution in [2.45, 2.75) is 25.9 Å². The first-order valence-corrected chi connectivity index (χ1v) is 6.00. The van der Waals surface area contributed by atoms with Crippen molar-refractivity contribution in [3.8, 4) is 11.5 Å². The van der Waals surface area contributed by atoms with Crippen molar-refractivity contribution in [2.24, 2.45) is 5.73 Å². The van der Waals surface area contributed by atoms with Crippen LogP contribution in [0.5, 0.6) is 11.5 Å². The van der Waals surface area contributed by atoms with E-state index in [0.29, 0.717) is 18.1 Å². The van der Waals surface area contributed by atoms with Gasteiger partial charge in [-0.1, -0.05) is 19.1 Å². The first-order chi connectivity index (χ1) is 8.69. The van der Waals surface area contributed by atoms with Gasteiger partial charge in [-0.25, -0.2) is 4.79 Å². The van der Waals surface area contributed by atoms with Crippen molar-refractivity contribution in [1.82, 2.24) is 0 Å². The Labute approximate surface area is 107 Å². The molecule has 0 saturated carbocycles. The van der Waals surface area contributed by atoms with E-state index in [9.17, 15) is 4.79 Å². The van der Waals surface area contributed by atoms with E-state index < -0.39 is 12.1 Å². The van der Waals surface area contributed by atoms with Crippen LogP contribution in [0.25, 0.3) is 0 Å². The molecular weight excluding hydrogens is 234 g/mol. The Bertz CT molecular complexity index is 381. The molecule has 0 heterocycles. The zero-order valence-corrected chi connectivity index (χ0v) is 10.5. The number of carboxylic acids is 1. The largest absolute Gasteiger partial charge is 0.490 e. The van der Waals surface area contributed by atoms with Gasteiger partial charge in [-0.2, -0.15) is 0 Å².